The van der Waals surface area contributed by atoms with Gasteiger partial charge in [-0.05, 0) is 18.4 Å². The Hall–Kier alpha value is -2.37. The summed E-state index contributed by atoms with van der Waals surface area (Å²) in [7, 11) is 0. The molecule has 0 atom stereocenters. The van der Waals surface area contributed by atoms with Gasteiger partial charge >= 0.3 is 5.97 Å². The van der Waals surface area contributed by atoms with E-state index in [9.17, 15) is 14.4 Å². The van der Waals surface area contributed by atoms with Crippen LogP contribution >= 0.6 is 0 Å². The highest BCUT2D eigenvalue weighted by Gasteiger charge is 2.32. The lowest BCUT2D eigenvalue weighted by Gasteiger charge is -2.35. The molecule has 1 aliphatic heterocycles. The molecule has 2 amide bonds. The SMILES string of the molecule is CC(C)(C)C(=O)N1CCC(C(=O)NCC(=O)OCc2ccccc2)CC1. The van der Waals surface area contributed by atoms with Crippen LogP contribution in [-0.2, 0) is 25.7 Å². The third-order valence-corrected chi connectivity index (χ3v) is 4.44. The van der Waals surface area contributed by atoms with E-state index in [-0.39, 0.29) is 30.9 Å². The van der Waals surface area contributed by atoms with E-state index in [4.69, 9.17) is 4.74 Å². The second-order valence-electron chi connectivity index (χ2n) is 7.68. The normalized spacial score (nSPS) is 15.4. The molecule has 0 aromatic heterocycles. The second kappa shape index (κ2) is 8.83. The van der Waals surface area contributed by atoms with Crippen LogP contribution in [0.4, 0.5) is 0 Å². The van der Waals surface area contributed by atoms with E-state index in [0.717, 1.165) is 5.56 Å². The molecular formula is C20H28N2O4. The largest absolute Gasteiger partial charge is 0.460 e. The fourth-order valence-electron chi connectivity index (χ4n) is 2.91. The van der Waals surface area contributed by atoms with E-state index in [1.54, 1.807) is 0 Å². The molecule has 1 aromatic rings. The molecule has 1 aromatic carbocycles. The van der Waals surface area contributed by atoms with Gasteiger partial charge in [-0.15, -0.1) is 0 Å². The van der Waals surface area contributed by atoms with Crippen LogP contribution in [-0.4, -0.2) is 42.3 Å². The van der Waals surface area contributed by atoms with Gasteiger partial charge in [0.25, 0.3) is 0 Å². The van der Waals surface area contributed by atoms with Crippen LogP contribution in [0, 0.1) is 11.3 Å². The molecule has 6 heteroatoms. The van der Waals surface area contributed by atoms with Crippen molar-refractivity contribution >= 4 is 17.8 Å². The van der Waals surface area contributed by atoms with Crippen molar-refractivity contribution in [1.82, 2.24) is 10.2 Å². The Morgan fingerprint density at radius 2 is 1.73 bits per heavy atom. The van der Waals surface area contributed by atoms with Crippen molar-refractivity contribution in [3.63, 3.8) is 0 Å². The minimum Gasteiger partial charge on any atom is -0.460 e. The Balaban J connectivity index is 1.69. The molecule has 142 valence electrons. The number of carbonyl (C=O) groups is 3. The summed E-state index contributed by atoms with van der Waals surface area (Å²) in [6.07, 6.45) is 1.24. The molecule has 1 N–H and O–H groups in total. The van der Waals surface area contributed by atoms with Gasteiger partial charge in [0, 0.05) is 24.4 Å². The first kappa shape index (κ1) is 19.9. The summed E-state index contributed by atoms with van der Waals surface area (Å²) in [6.45, 7) is 6.91. The number of esters is 1. The minimum atomic E-state index is -0.456. The lowest BCUT2D eigenvalue weighted by molar-refractivity contribution is -0.146. The lowest BCUT2D eigenvalue weighted by Crippen LogP contribution is -2.47. The van der Waals surface area contributed by atoms with E-state index in [1.165, 1.54) is 0 Å². The summed E-state index contributed by atoms with van der Waals surface area (Å²) in [5.74, 6) is -0.658. The van der Waals surface area contributed by atoms with E-state index in [0.29, 0.717) is 25.9 Å². The van der Waals surface area contributed by atoms with Gasteiger partial charge in [0.2, 0.25) is 11.8 Å². The smallest absolute Gasteiger partial charge is 0.325 e. The summed E-state index contributed by atoms with van der Waals surface area (Å²) in [5.41, 5.74) is 0.500. The number of benzene rings is 1. The van der Waals surface area contributed by atoms with Gasteiger partial charge in [0.15, 0.2) is 0 Å². The quantitative estimate of drug-likeness (QED) is 0.816. The maximum absolute atomic E-state index is 12.3. The first-order valence-corrected chi connectivity index (χ1v) is 9.04. The number of carbonyl (C=O) groups excluding carboxylic acids is 3. The zero-order chi connectivity index (χ0) is 19.2. The molecule has 6 nitrogen and oxygen atoms in total. The summed E-state index contributed by atoms with van der Waals surface area (Å²) >= 11 is 0. The number of ether oxygens (including phenoxy) is 1. The summed E-state index contributed by atoms with van der Waals surface area (Å²) in [6, 6.07) is 9.40. The van der Waals surface area contributed by atoms with Crippen LogP contribution < -0.4 is 5.32 Å². The molecule has 1 heterocycles. The minimum absolute atomic E-state index is 0.112. The third-order valence-electron chi connectivity index (χ3n) is 4.44. The third kappa shape index (κ3) is 5.86. The Kier molecular flexibility index (Phi) is 6.77. The molecule has 1 aliphatic rings. The number of hydrogen-bond donors (Lipinski definition) is 1. The molecule has 0 bridgehead atoms. The van der Waals surface area contributed by atoms with Crippen molar-refractivity contribution in [2.45, 2.75) is 40.2 Å². The molecule has 0 spiro atoms. The summed E-state index contributed by atoms with van der Waals surface area (Å²) < 4.78 is 5.15. The average molecular weight is 360 g/mol. The molecule has 0 radical (unpaired) electrons. The Labute approximate surface area is 154 Å². The number of likely N-dealkylation sites (tertiary alicyclic amines) is 1. The molecule has 0 saturated carbocycles. The lowest BCUT2D eigenvalue weighted by atomic mass is 9.91. The molecule has 26 heavy (non-hydrogen) atoms. The molecule has 2 rings (SSSR count). The summed E-state index contributed by atoms with van der Waals surface area (Å²) in [4.78, 5) is 38.1. The number of amides is 2. The van der Waals surface area contributed by atoms with Crippen molar-refractivity contribution in [1.29, 1.82) is 0 Å². The number of nitrogens with zero attached hydrogens (tertiary/aromatic N) is 1. The van der Waals surface area contributed by atoms with Gasteiger partial charge in [0.05, 0.1) is 0 Å². The van der Waals surface area contributed by atoms with Crippen LogP contribution in [0.5, 0.6) is 0 Å². The van der Waals surface area contributed by atoms with Crippen LogP contribution in [0.1, 0.15) is 39.2 Å². The van der Waals surface area contributed by atoms with E-state index >= 15 is 0 Å². The second-order valence-corrected chi connectivity index (χ2v) is 7.68. The monoisotopic (exact) mass is 360 g/mol. The van der Waals surface area contributed by atoms with Crippen molar-refractivity contribution in [2.75, 3.05) is 19.6 Å². The van der Waals surface area contributed by atoms with Crippen molar-refractivity contribution in [3.05, 3.63) is 35.9 Å². The summed E-state index contributed by atoms with van der Waals surface area (Å²) in [5, 5.41) is 2.65. The molecular weight excluding hydrogens is 332 g/mol. The Bertz CT molecular complexity index is 629. The number of hydrogen-bond acceptors (Lipinski definition) is 4. The molecule has 1 saturated heterocycles. The molecule has 0 unspecified atom stereocenters. The van der Waals surface area contributed by atoms with Crippen molar-refractivity contribution in [2.24, 2.45) is 11.3 Å². The van der Waals surface area contributed by atoms with E-state index < -0.39 is 11.4 Å². The fourth-order valence-corrected chi connectivity index (χ4v) is 2.91. The predicted octanol–water partition coefficient (Wildman–Crippen LogP) is 2.13. The first-order chi connectivity index (χ1) is 12.3. The number of rotatable bonds is 5. The highest BCUT2D eigenvalue weighted by atomic mass is 16.5. The van der Waals surface area contributed by atoms with Gasteiger partial charge in [-0.1, -0.05) is 51.1 Å². The Morgan fingerprint density at radius 1 is 1.12 bits per heavy atom. The van der Waals surface area contributed by atoms with E-state index in [2.05, 4.69) is 5.32 Å². The Morgan fingerprint density at radius 3 is 2.31 bits per heavy atom. The van der Waals surface area contributed by atoms with Gasteiger partial charge in [-0.25, -0.2) is 0 Å². The highest BCUT2D eigenvalue weighted by Crippen LogP contribution is 2.23. The predicted molar refractivity (Wildman–Crippen MR) is 98.0 cm³/mol. The number of piperidine rings is 1. The van der Waals surface area contributed by atoms with E-state index in [1.807, 2.05) is 56.0 Å². The zero-order valence-corrected chi connectivity index (χ0v) is 15.8. The van der Waals surface area contributed by atoms with Gasteiger partial charge in [-0.2, -0.15) is 0 Å². The maximum Gasteiger partial charge on any atom is 0.325 e. The van der Waals surface area contributed by atoms with Gasteiger partial charge in [-0.3, -0.25) is 14.4 Å². The van der Waals surface area contributed by atoms with Crippen LogP contribution in [0.2, 0.25) is 0 Å². The van der Waals surface area contributed by atoms with Crippen LogP contribution in [0.15, 0.2) is 30.3 Å². The first-order valence-electron chi connectivity index (χ1n) is 9.04. The van der Waals surface area contributed by atoms with Crippen LogP contribution in [0.3, 0.4) is 0 Å². The van der Waals surface area contributed by atoms with Crippen LogP contribution in [0.25, 0.3) is 0 Å². The van der Waals surface area contributed by atoms with Crippen molar-refractivity contribution < 1.29 is 19.1 Å². The maximum atomic E-state index is 12.3. The van der Waals surface area contributed by atoms with Crippen molar-refractivity contribution in [3.8, 4) is 0 Å². The molecule has 0 aliphatic carbocycles. The zero-order valence-electron chi connectivity index (χ0n) is 15.8. The number of nitrogens with one attached hydrogen (secondary N) is 1. The standard InChI is InChI=1S/C20H28N2O4/c1-20(2,3)19(25)22-11-9-16(10-12-22)18(24)21-13-17(23)26-14-15-7-5-4-6-8-15/h4-8,16H,9-14H2,1-3H3,(H,21,24). The van der Waals surface area contributed by atoms with Gasteiger partial charge in [0.1, 0.15) is 13.2 Å². The molecule has 1 fully saturated rings. The topological polar surface area (TPSA) is 75.7 Å². The highest BCUT2D eigenvalue weighted by molar-refractivity contribution is 5.84. The fraction of sp³-hybridized carbons (Fsp3) is 0.550. The average Bonchev–Trinajstić information content (AvgIpc) is 2.64. The van der Waals surface area contributed by atoms with Gasteiger partial charge < -0.3 is 15.0 Å².